The monoisotopic (exact) mass is 379 g/mol. The Balaban J connectivity index is 1.44. The van der Waals surface area contributed by atoms with Gasteiger partial charge in [-0.15, -0.1) is 0 Å². The van der Waals surface area contributed by atoms with Gasteiger partial charge in [-0.25, -0.2) is 0 Å². The fourth-order valence-electron chi connectivity index (χ4n) is 4.34. The number of nitrogens with one attached hydrogen (secondary N) is 1. The highest BCUT2D eigenvalue weighted by Crippen LogP contribution is 2.31. The topological polar surface area (TPSA) is 51.7 Å². The van der Waals surface area contributed by atoms with Crippen molar-refractivity contribution < 1.29 is 9.84 Å². The normalized spacial score (nSPS) is 16.5. The smallest absolute Gasteiger partial charge is 0.142 e. The Morgan fingerprint density at radius 1 is 1.04 bits per heavy atom. The molecule has 0 saturated carbocycles. The minimum Gasteiger partial charge on any atom is -0.495 e. The highest BCUT2D eigenvalue weighted by atomic mass is 16.5. The molecule has 0 bridgehead atoms. The first kappa shape index (κ1) is 18.8. The number of aliphatic hydroxyl groups excluding tert-OH is 1. The quantitative estimate of drug-likeness (QED) is 0.711. The summed E-state index contributed by atoms with van der Waals surface area (Å²) in [4.78, 5) is 8.17. The van der Waals surface area contributed by atoms with Crippen LogP contribution in [0.5, 0.6) is 5.75 Å². The van der Waals surface area contributed by atoms with E-state index in [9.17, 15) is 5.11 Å². The number of β-amino-alcohol motifs (C(OH)–C–C–N with tert-alkyl or cyclic N) is 1. The maximum atomic E-state index is 11.0. The standard InChI is InChI=1S/C23H29N3O2/c1-16-7-6-8-18-22(17(2)24-23(16)18)20(27)15-25-11-13-26(14-12-25)19-9-4-5-10-21(19)28-3/h4-10,20,24,27H,11-15H2,1-3H3/t20-/m1/s1. The molecule has 28 heavy (non-hydrogen) atoms. The number of aromatic amines is 1. The number of ether oxygens (including phenoxy) is 1. The molecule has 2 aromatic carbocycles. The van der Waals surface area contributed by atoms with Gasteiger partial charge in [-0.05, 0) is 31.5 Å². The first-order valence-corrected chi connectivity index (χ1v) is 9.94. The summed E-state index contributed by atoms with van der Waals surface area (Å²) < 4.78 is 5.50. The van der Waals surface area contributed by atoms with Crippen LogP contribution in [0.25, 0.3) is 10.9 Å². The highest BCUT2D eigenvalue weighted by molar-refractivity contribution is 5.87. The van der Waals surface area contributed by atoms with Gasteiger partial charge in [0.25, 0.3) is 0 Å². The molecule has 5 heteroatoms. The number of piperazine rings is 1. The third kappa shape index (κ3) is 3.48. The number of para-hydroxylation sites is 3. The first-order valence-electron chi connectivity index (χ1n) is 9.94. The minimum atomic E-state index is -0.492. The molecule has 0 radical (unpaired) electrons. The Hall–Kier alpha value is -2.50. The third-order valence-corrected chi connectivity index (χ3v) is 5.84. The summed E-state index contributed by atoms with van der Waals surface area (Å²) in [6, 6.07) is 14.4. The summed E-state index contributed by atoms with van der Waals surface area (Å²) in [6.45, 7) is 8.52. The van der Waals surface area contributed by atoms with Crippen LogP contribution in [-0.4, -0.2) is 54.8 Å². The van der Waals surface area contributed by atoms with Crippen molar-refractivity contribution in [3.05, 3.63) is 59.3 Å². The van der Waals surface area contributed by atoms with E-state index in [1.54, 1.807) is 7.11 Å². The molecule has 5 nitrogen and oxygen atoms in total. The number of anilines is 1. The van der Waals surface area contributed by atoms with Crippen molar-refractivity contribution in [2.45, 2.75) is 20.0 Å². The highest BCUT2D eigenvalue weighted by Gasteiger charge is 2.24. The lowest BCUT2D eigenvalue weighted by Crippen LogP contribution is -2.47. The Kier molecular flexibility index (Phi) is 5.29. The van der Waals surface area contributed by atoms with Crippen LogP contribution in [0.15, 0.2) is 42.5 Å². The second-order valence-electron chi connectivity index (χ2n) is 7.64. The number of aliphatic hydroxyl groups is 1. The van der Waals surface area contributed by atoms with Crippen LogP contribution in [0.4, 0.5) is 5.69 Å². The predicted molar refractivity (Wildman–Crippen MR) is 114 cm³/mol. The van der Waals surface area contributed by atoms with E-state index in [2.05, 4.69) is 59.0 Å². The number of H-pyrrole nitrogens is 1. The number of methoxy groups -OCH3 is 1. The number of benzene rings is 2. The molecule has 1 fully saturated rings. The average molecular weight is 380 g/mol. The fourth-order valence-corrected chi connectivity index (χ4v) is 4.34. The molecule has 3 aromatic rings. The number of fused-ring (bicyclic) bond motifs is 1. The van der Waals surface area contributed by atoms with Crippen LogP contribution in [0, 0.1) is 13.8 Å². The van der Waals surface area contributed by atoms with Gasteiger partial charge >= 0.3 is 0 Å². The number of hydrogen-bond acceptors (Lipinski definition) is 4. The largest absolute Gasteiger partial charge is 0.495 e. The van der Waals surface area contributed by atoms with Crippen molar-refractivity contribution in [3.63, 3.8) is 0 Å². The van der Waals surface area contributed by atoms with Crippen molar-refractivity contribution in [1.29, 1.82) is 0 Å². The van der Waals surface area contributed by atoms with Crippen LogP contribution in [0.2, 0.25) is 0 Å². The van der Waals surface area contributed by atoms with E-state index in [4.69, 9.17) is 4.74 Å². The SMILES string of the molecule is COc1ccccc1N1CCN(C[C@@H](O)c2c(C)[nH]c3c(C)cccc23)CC1. The van der Waals surface area contributed by atoms with Crippen LogP contribution in [0.1, 0.15) is 22.9 Å². The minimum absolute atomic E-state index is 0.492. The molecular formula is C23H29N3O2. The van der Waals surface area contributed by atoms with Gasteiger partial charge in [0.05, 0.1) is 18.9 Å². The van der Waals surface area contributed by atoms with Crippen molar-refractivity contribution in [3.8, 4) is 5.75 Å². The van der Waals surface area contributed by atoms with Crippen molar-refractivity contribution in [2.24, 2.45) is 0 Å². The lowest BCUT2D eigenvalue weighted by Gasteiger charge is -2.37. The molecule has 4 rings (SSSR count). The predicted octanol–water partition coefficient (Wildman–Crippen LogP) is 3.65. The lowest BCUT2D eigenvalue weighted by molar-refractivity contribution is 0.110. The molecule has 2 N–H and O–H groups in total. The van der Waals surface area contributed by atoms with Crippen molar-refractivity contribution in [2.75, 3.05) is 44.7 Å². The molecule has 2 heterocycles. The summed E-state index contributed by atoms with van der Waals surface area (Å²) in [7, 11) is 1.72. The molecule has 1 atom stereocenters. The van der Waals surface area contributed by atoms with Crippen LogP contribution >= 0.6 is 0 Å². The van der Waals surface area contributed by atoms with E-state index in [-0.39, 0.29) is 0 Å². The van der Waals surface area contributed by atoms with Gasteiger partial charge in [-0.1, -0.05) is 30.3 Å². The second-order valence-corrected chi connectivity index (χ2v) is 7.64. The number of nitrogens with zero attached hydrogens (tertiary/aromatic N) is 2. The van der Waals surface area contributed by atoms with E-state index in [1.807, 2.05) is 12.1 Å². The Bertz CT molecular complexity index is 958. The van der Waals surface area contributed by atoms with Crippen LogP contribution in [-0.2, 0) is 0 Å². The molecule has 1 saturated heterocycles. The fraction of sp³-hybridized carbons (Fsp3) is 0.391. The summed E-state index contributed by atoms with van der Waals surface area (Å²) in [5, 5.41) is 12.1. The maximum absolute atomic E-state index is 11.0. The Labute approximate surface area is 166 Å². The molecule has 1 aliphatic rings. The zero-order chi connectivity index (χ0) is 19.7. The zero-order valence-electron chi connectivity index (χ0n) is 16.9. The average Bonchev–Trinajstić information content (AvgIpc) is 3.06. The number of hydrogen-bond donors (Lipinski definition) is 2. The van der Waals surface area contributed by atoms with Gasteiger partial charge in [0.1, 0.15) is 5.75 Å². The van der Waals surface area contributed by atoms with E-state index >= 15 is 0 Å². The molecule has 1 aromatic heterocycles. The molecule has 0 spiro atoms. The van der Waals surface area contributed by atoms with Crippen LogP contribution < -0.4 is 9.64 Å². The summed E-state index contributed by atoms with van der Waals surface area (Å²) in [5.74, 6) is 0.917. The zero-order valence-corrected chi connectivity index (χ0v) is 16.9. The summed E-state index contributed by atoms with van der Waals surface area (Å²) in [6.07, 6.45) is -0.492. The molecule has 1 aliphatic heterocycles. The Morgan fingerprint density at radius 2 is 1.79 bits per heavy atom. The number of aryl methyl sites for hydroxylation is 2. The molecule has 0 aliphatic carbocycles. The van der Waals surface area contributed by atoms with E-state index in [1.165, 1.54) is 5.56 Å². The maximum Gasteiger partial charge on any atom is 0.142 e. The van der Waals surface area contributed by atoms with Gasteiger partial charge in [0, 0.05) is 54.9 Å². The van der Waals surface area contributed by atoms with Gasteiger partial charge in [0.2, 0.25) is 0 Å². The first-order chi connectivity index (χ1) is 13.6. The van der Waals surface area contributed by atoms with E-state index in [0.717, 1.165) is 59.8 Å². The molecule has 148 valence electrons. The van der Waals surface area contributed by atoms with Gasteiger partial charge in [-0.2, -0.15) is 0 Å². The number of aromatic nitrogens is 1. The van der Waals surface area contributed by atoms with Crippen LogP contribution in [0.3, 0.4) is 0 Å². The third-order valence-electron chi connectivity index (χ3n) is 5.84. The lowest BCUT2D eigenvalue weighted by atomic mass is 10.0. The second kappa shape index (κ2) is 7.86. The van der Waals surface area contributed by atoms with Gasteiger partial charge in [-0.3, -0.25) is 4.90 Å². The Morgan fingerprint density at radius 3 is 2.54 bits per heavy atom. The van der Waals surface area contributed by atoms with E-state index in [0.29, 0.717) is 6.54 Å². The van der Waals surface area contributed by atoms with E-state index < -0.39 is 6.10 Å². The van der Waals surface area contributed by atoms with Gasteiger partial charge < -0.3 is 19.7 Å². The van der Waals surface area contributed by atoms with Gasteiger partial charge in [0.15, 0.2) is 0 Å². The molecule has 0 unspecified atom stereocenters. The number of rotatable bonds is 5. The van der Waals surface area contributed by atoms with Crippen molar-refractivity contribution >= 4 is 16.6 Å². The van der Waals surface area contributed by atoms with Crippen molar-refractivity contribution in [1.82, 2.24) is 9.88 Å². The molecular weight excluding hydrogens is 350 g/mol. The summed E-state index contributed by atoms with van der Waals surface area (Å²) in [5.41, 5.74) is 5.59. The summed E-state index contributed by atoms with van der Waals surface area (Å²) >= 11 is 0. The molecule has 0 amide bonds.